The molecule has 19 heavy (non-hydrogen) atoms. The van der Waals surface area contributed by atoms with Crippen molar-refractivity contribution in [3.8, 4) is 0 Å². The van der Waals surface area contributed by atoms with Crippen LogP contribution in [0.1, 0.15) is 24.8 Å². The number of hydrogen-bond donors (Lipinski definition) is 1. The van der Waals surface area contributed by atoms with Crippen molar-refractivity contribution in [2.75, 3.05) is 13.1 Å². The van der Waals surface area contributed by atoms with Gasteiger partial charge in [-0.1, -0.05) is 29.8 Å². The van der Waals surface area contributed by atoms with Crippen molar-refractivity contribution >= 4 is 23.5 Å². The van der Waals surface area contributed by atoms with E-state index in [2.05, 4.69) is 0 Å². The molecule has 0 spiro atoms. The molecule has 1 amide bonds. The molecule has 2 rings (SSSR count). The van der Waals surface area contributed by atoms with E-state index in [9.17, 15) is 9.59 Å². The number of amides is 1. The number of carbonyl (C=O) groups is 2. The molecule has 0 unspecified atom stereocenters. The second-order valence-electron chi connectivity index (χ2n) is 4.72. The molecule has 0 heterocycles. The fraction of sp³-hybridized carbons (Fsp3) is 0.429. The molecule has 5 heteroatoms. The summed E-state index contributed by atoms with van der Waals surface area (Å²) in [7, 11) is 0. The van der Waals surface area contributed by atoms with E-state index in [1.165, 1.54) is 4.90 Å². The maximum Gasteiger partial charge on any atom is 0.323 e. The van der Waals surface area contributed by atoms with Gasteiger partial charge in [0.05, 0.1) is 0 Å². The molecule has 0 aliphatic heterocycles. The second kappa shape index (κ2) is 5.61. The third-order valence-corrected chi connectivity index (χ3v) is 3.78. The molecule has 102 valence electrons. The predicted octanol–water partition coefficient (Wildman–Crippen LogP) is 2.38. The summed E-state index contributed by atoms with van der Waals surface area (Å²) in [4.78, 5) is 24.3. The van der Waals surface area contributed by atoms with Gasteiger partial charge < -0.3 is 10.0 Å². The SMILES string of the molecule is CCN(CC(=O)O)C(=O)[C@H]1C[C@@H]1c1ccccc1Cl. The van der Waals surface area contributed by atoms with Crippen molar-refractivity contribution in [3.63, 3.8) is 0 Å². The van der Waals surface area contributed by atoms with Gasteiger partial charge in [-0.05, 0) is 30.9 Å². The first kappa shape index (κ1) is 13.9. The molecule has 0 saturated heterocycles. The van der Waals surface area contributed by atoms with E-state index < -0.39 is 5.97 Å². The highest BCUT2D eigenvalue weighted by molar-refractivity contribution is 6.31. The number of nitrogens with zero attached hydrogens (tertiary/aromatic N) is 1. The number of carboxylic acid groups (broad SMARTS) is 1. The lowest BCUT2D eigenvalue weighted by atomic mass is 10.1. The fourth-order valence-electron chi connectivity index (χ4n) is 2.33. The average Bonchev–Trinajstić information content (AvgIpc) is 3.15. The quantitative estimate of drug-likeness (QED) is 0.901. The van der Waals surface area contributed by atoms with Crippen molar-refractivity contribution in [1.82, 2.24) is 4.90 Å². The highest BCUT2D eigenvalue weighted by atomic mass is 35.5. The maximum absolute atomic E-state index is 12.2. The normalized spacial score (nSPS) is 20.9. The van der Waals surface area contributed by atoms with Crippen molar-refractivity contribution in [1.29, 1.82) is 0 Å². The summed E-state index contributed by atoms with van der Waals surface area (Å²) in [5.74, 6) is -1.07. The first-order valence-corrected chi connectivity index (χ1v) is 6.67. The highest BCUT2D eigenvalue weighted by Gasteiger charge is 2.46. The monoisotopic (exact) mass is 281 g/mol. The zero-order chi connectivity index (χ0) is 14.0. The standard InChI is InChI=1S/C14H16ClNO3/c1-2-16(8-13(17)18)14(19)11-7-10(11)9-5-3-4-6-12(9)15/h3-6,10-11H,2,7-8H2,1H3,(H,17,18)/t10-,11+/m1/s1. The van der Waals surface area contributed by atoms with Gasteiger partial charge in [-0.2, -0.15) is 0 Å². The zero-order valence-corrected chi connectivity index (χ0v) is 11.4. The van der Waals surface area contributed by atoms with Gasteiger partial charge in [0.25, 0.3) is 0 Å². The van der Waals surface area contributed by atoms with Crippen LogP contribution in [0.2, 0.25) is 5.02 Å². The van der Waals surface area contributed by atoms with E-state index in [0.29, 0.717) is 11.6 Å². The Balaban J connectivity index is 2.04. The minimum atomic E-state index is -0.981. The van der Waals surface area contributed by atoms with Crippen LogP contribution in [0.15, 0.2) is 24.3 Å². The summed E-state index contributed by atoms with van der Waals surface area (Å²) in [6.45, 7) is 1.96. The smallest absolute Gasteiger partial charge is 0.323 e. The van der Waals surface area contributed by atoms with Gasteiger partial charge in [-0.25, -0.2) is 0 Å². The minimum absolute atomic E-state index is 0.0881. The number of hydrogen-bond acceptors (Lipinski definition) is 2. The van der Waals surface area contributed by atoms with Crippen molar-refractivity contribution in [3.05, 3.63) is 34.9 Å². The molecule has 0 radical (unpaired) electrons. The van der Waals surface area contributed by atoms with Crippen LogP contribution >= 0.6 is 11.6 Å². The Morgan fingerprint density at radius 2 is 2.11 bits per heavy atom. The van der Waals surface area contributed by atoms with Crippen LogP contribution in [-0.4, -0.2) is 35.0 Å². The Labute approximate surface area is 117 Å². The number of carboxylic acids is 1. The van der Waals surface area contributed by atoms with E-state index in [4.69, 9.17) is 16.7 Å². The van der Waals surface area contributed by atoms with Crippen LogP contribution < -0.4 is 0 Å². The molecule has 1 aromatic rings. The Hall–Kier alpha value is -1.55. The van der Waals surface area contributed by atoms with Gasteiger partial charge >= 0.3 is 5.97 Å². The minimum Gasteiger partial charge on any atom is -0.480 e. The van der Waals surface area contributed by atoms with Crippen LogP contribution in [0.4, 0.5) is 0 Å². The summed E-state index contributed by atoms with van der Waals surface area (Å²) in [5.41, 5.74) is 0.980. The van der Waals surface area contributed by atoms with E-state index >= 15 is 0 Å². The summed E-state index contributed by atoms with van der Waals surface area (Å²) >= 11 is 6.11. The summed E-state index contributed by atoms with van der Waals surface area (Å²) in [6.07, 6.45) is 0.749. The summed E-state index contributed by atoms with van der Waals surface area (Å²) < 4.78 is 0. The molecule has 1 aliphatic rings. The van der Waals surface area contributed by atoms with E-state index in [0.717, 1.165) is 12.0 Å². The molecule has 2 atom stereocenters. The highest BCUT2D eigenvalue weighted by Crippen LogP contribution is 2.50. The van der Waals surface area contributed by atoms with Crippen LogP contribution in [0.25, 0.3) is 0 Å². The third-order valence-electron chi connectivity index (χ3n) is 3.43. The Bertz CT molecular complexity index is 503. The third kappa shape index (κ3) is 3.07. The van der Waals surface area contributed by atoms with Crippen molar-refractivity contribution in [2.24, 2.45) is 5.92 Å². The Morgan fingerprint density at radius 1 is 1.42 bits per heavy atom. The van der Waals surface area contributed by atoms with Crippen LogP contribution in [0.3, 0.4) is 0 Å². The summed E-state index contributed by atoms with van der Waals surface area (Å²) in [5, 5.41) is 9.45. The average molecular weight is 282 g/mol. The largest absolute Gasteiger partial charge is 0.480 e. The Kier molecular flexibility index (Phi) is 4.10. The predicted molar refractivity (Wildman–Crippen MR) is 72.2 cm³/mol. The second-order valence-corrected chi connectivity index (χ2v) is 5.12. The van der Waals surface area contributed by atoms with E-state index in [1.54, 1.807) is 6.92 Å². The lowest BCUT2D eigenvalue weighted by molar-refractivity contribution is -0.144. The lowest BCUT2D eigenvalue weighted by Gasteiger charge is -2.18. The molecule has 1 N–H and O–H groups in total. The summed E-state index contributed by atoms with van der Waals surface area (Å²) in [6, 6.07) is 7.49. The molecular formula is C14H16ClNO3. The van der Waals surface area contributed by atoms with Crippen LogP contribution in [0, 0.1) is 5.92 Å². The fourth-order valence-corrected chi connectivity index (χ4v) is 2.61. The van der Waals surface area contributed by atoms with Gasteiger partial charge in [-0.3, -0.25) is 9.59 Å². The molecule has 1 fully saturated rings. The first-order chi connectivity index (χ1) is 9.04. The molecule has 1 aromatic carbocycles. The molecule has 1 saturated carbocycles. The zero-order valence-electron chi connectivity index (χ0n) is 10.7. The lowest BCUT2D eigenvalue weighted by Crippen LogP contribution is -2.36. The first-order valence-electron chi connectivity index (χ1n) is 6.29. The van der Waals surface area contributed by atoms with Gasteiger partial charge in [0, 0.05) is 17.5 Å². The number of carbonyl (C=O) groups excluding carboxylic acids is 1. The topological polar surface area (TPSA) is 57.6 Å². The van der Waals surface area contributed by atoms with Gasteiger partial charge in [0.1, 0.15) is 6.54 Å². The molecule has 0 bridgehead atoms. The molecule has 1 aliphatic carbocycles. The number of rotatable bonds is 5. The number of aliphatic carboxylic acids is 1. The molecule has 4 nitrogen and oxygen atoms in total. The van der Waals surface area contributed by atoms with E-state index in [-0.39, 0.29) is 24.3 Å². The van der Waals surface area contributed by atoms with E-state index in [1.807, 2.05) is 24.3 Å². The van der Waals surface area contributed by atoms with Gasteiger partial charge in [0.2, 0.25) is 5.91 Å². The number of likely N-dealkylation sites (N-methyl/N-ethyl adjacent to an activating group) is 1. The Morgan fingerprint density at radius 3 is 2.68 bits per heavy atom. The van der Waals surface area contributed by atoms with Gasteiger partial charge in [-0.15, -0.1) is 0 Å². The van der Waals surface area contributed by atoms with Crippen LogP contribution in [-0.2, 0) is 9.59 Å². The molecular weight excluding hydrogens is 266 g/mol. The number of halogens is 1. The van der Waals surface area contributed by atoms with Crippen LogP contribution in [0.5, 0.6) is 0 Å². The van der Waals surface area contributed by atoms with Crippen molar-refractivity contribution in [2.45, 2.75) is 19.3 Å². The maximum atomic E-state index is 12.2. The number of benzene rings is 1. The van der Waals surface area contributed by atoms with Crippen molar-refractivity contribution < 1.29 is 14.7 Å². The molecule has 0 aromatic heterocycles. The van der Waals surface area contributed by atoms with Gasteiger partial charge in [0.15, 0.2) is 0 Å².